The Morgan fingerprint density at radius 3 is 2.59 bits per heavy atom. The molecule has 2 aliphatic rings. The molecule has 0 bridgehead atoms. The van der Waals surface area contributed by atoms with E-state index in [0.717, 1.165) is 72.6 Å². The van der Waals surface area contributed by atoms with E-state index in [1.807, 2.05) is 31.3 Å². The normalized spacial score (nSPS) is 23.1. The fraction of sp³-hybridized carbons (Fsp3) is 0.440. The van der Waals surface area contributed by atoms with E-state index in [2.05, 4.69) is 38.9 Å². The van der Waals surface area contributed by atoms with Crippen LogP contribution in [-0.4, -0.2) is 64.4 Å². The molecule has 1 aromatic carbocycles. The second kappa shape index (κ2) is 8.56. The topological polar surface area (TPSA) is 87.5 Å². The first kappa shape index (κ1) is 21.0. The number of nitrogens with zero attached hydrogens (tertiary/aromatic N) is 3. The lowest BCUT2D eigenvalue weighted by atomic mass is 9.90. The van der Waals surface area contributed by atoms with E-state index in [1.165, 1.54) is 0 Å². The molecular weight excluding hydrogens is 402 g/mol. The maximum absolute atomic E-state index is 12.5. The molecule has 5 rings (SSSR count). The molecule has 2 saturated heterocycles. The van der Waals surface area contributed by atoms with Crippen molar-refractivity contribution in [1.29, 1.82) is 0 Å². The highest BCUT2D eigenvalue weighted by atomic mass is 16.5. The number of H-pyrrole nitrogens is 1. The number of primary amides is 1. The molecule has 7 nitrogen and oxygen atoms in total. The van der Waals surface area contributed by atoms with Gasteiger partial charge in [0.25, 0.3) is 0 Å². The van der Waals surface area contributed by atoms with Crippen molar-refractivity contribution < 1.29 is 9.53 Å². The average Bonchev–Trinajstić information content (AvgIpc) is 3.40. The second-order valence-electron chi connectivity index (χ2n) is 9.19. The van der Waals surface area contributed by atoms with Gasteiger partial charge < -0.3 is 20.4 Å². The number of nitrogens with one attached hydrogen (secondary N) is 1. The number of hydrogen-bond acceptors (Lipinski definition) is 5. The van der Waals surface area contributed by atoms with Gasteiger partial charge in [-0.05, 0) is 82.2 Å². The van der Waals surface area contributed by atoms with Gasteiger partial charge in [-0.2, -0.15) is 0 Å². The molecule has 3 N–H and O–H groups in total. The van der Waals surface area contributed by atoms with Crippen LogP contribution in [0.2, 0.25) is 0 Å². The third-order valence-corrected chi connectivity index (χ3v) is 7.15. The molecule has 32 heavy (non-hydrogen) atoms. The van der Waals surface area contributed by atoms with Crippen molar-refractivity contribution in [2.24, 2.45) is 5.73 Å². The summed E-state index contributed by atoms with van der Waals surface area (Å²) in [7, 11) is 2.16. The summed E-state index contributed by atoms with van der Waals surface area (Å²) in [6.45, 7) is 5.11. The summed E-state index contributed by atoms with van der Waals surface area (Å²) in [5.74, 6) is 1.46. The molecule has 168 valence electrons. The number of benzene rings is 1. The van der Waals surface area contributed by atoms with E-state index in [0.29, 0.717) is 6.04 Å². The van der Waals surface area contributed by atoms with Crippen molar-refractivity contribution in [3.8, 4) is 11.5 Å². The van der Waals surface area contributed by atoms with Gasteiger partial charge in [-0.3, -0.25) is 9.69 Å². The zero-order valence-corrected chi connectivity index (χ0v) is 18.8. The number of hydrogen-bond donors (Lipinski definition) is 2. The van der Waals surface area contributed by atoms with Gasteiger partial charge in [0.2, 0.25) is 5.91 Å². The zero-order valence-electron chi connectivity index (χ0n) is 18.8. The first-order valence-corrected chi connectivity index (χ1v) is 11.5. The van der Waals surface area contributed by atoms with Crippen molar-refractivity contribution in [3.63, 3.8) is 0 Å². The van der Waals surface area contributed by atoms with Crippen LogP contribution in [0.3, 0.4) is 0 Å². The van der Waals surface area contributed by atoms with E-state index < -0.39 is 0 Å². The summed E-state index contributed by atoms with van der Waals surface area (Å²) in [6, 6.07) is 10.2. The van der Waals surface area contributed by atoms with E-state index >= 15 is 0 Å². The molecule has 4 heterocycles. The molecule has 7 heteroatoms. The first-order chi connectivity index (χ1) is 15.5. The predicted octanol–water partition coefficient (Wildman–Crippen LogP) is 3.40. The number of pyridine rings is 1. The van der Waals surface area contributed by atoms with Gasteiger partial charge in [0, 0.05) is 24.4 Å². The Morgan fingerprint density at radius 2 is 1.88 bits per heavy atom. The monoisotopic (exact) mass is 433 g/mol. The van der Waals surface area contributed by atoms with Crippen LogP contribution >= 0.6 is 0 Å². The van der Waals surface area contributed by atoms with Crippen LogP contribution in [0.25, 0.3) is 11.0 Å². The van der Waals surface area contributed by atoms with Crippen LogP contribution in [0.4, 0.5) is 0 Å². The van der Waals surface area contributed by atoms with Crippen LogP contribution < -0.4 is 10.5 Å². The lowest BCUT2D eigenvalue weighted by molar-refractivity contribution is -0.123. The quantitative estimate of drug-likeness (QED) is 0.644. The van der Waals surface area contributed by atoms with Crippen molar-refractivity contribution in [2.75, 3.05) is 26.7 Å². The second-order valence-corrected chi connectivity index (χ2v) is 9.19. The minimum Gasteiger partial charge on any atom is -0.457 e. The van der Waals surface area contributed by atoms with Gasteiger partial charge in [-0.25, -0.2) is 4.98 Å². The fourth-order valence-corrected chi connectivity index (χ4v) is 5.44. The number of aromatic nitrogens is 2. The highest BCUT2D eigenvalue weighted by Crippen LogP contribution is 2.38. The molecule has 2 aromatic heterocycles. The number of likely N-dealkylation sites (tertiary alicyclic amines) is 2. The molecule has 0 unspecified atom stereocenters. The third kappa shape index (κ3) is 3.87. The van der Waals surface area contributed by atoms with Gasteiger partial charge >= 0.3 is 0 Å². The lowest BCUT2D eigenvalue weighted by Crippen LogP contribution is -2.51. The van der Waals surface area contributed by atoms with Gasteiger partial charge in [0.05, 0.1) is 11.4 Å². The van der Waals surface area contributed by atoms with E-state index in [4.69, 9.17) is 10.5 Å². The number of piperidine rings is 1. The zero-order chi connectivity index (χ0) is 22.2. The number of carbonyl (C=O) groups excluding carboxylic acids is 1. The summed E-state index contributed by atoms with van der Waals surface area (Å²) in [4.78, 5) is 24.7. The minimum atomic E-state index is -0.238. The largest absolute Gasteiger partial charge is 0.457 e. The number of fused-ring (bicyclic) bond motifs is 1. The lowest BCUT2D eigenvalue weighted by Gasteiger charge is -2.38. The Morgan fingerprint density at radius 1 is 1.12 bits per heavy atom. The summed E-state index contributed by atoms with van der Waals surface area (Å²) < 4.78 is 6.18. The van der Waals surface area contributed by atoms with Crippen molar-refractivity contribution >= 4 is 16.9 Å². The van der Waals surface area contributed by atoms with Gasteiger partial charge in [-0.15, -0.1) is 0 Å². The Hall–Kier alpha value is -2.90. The summed E-state index contributed by atoms with van der Waals surface area (Å²) in [5, 5.41) is 0.995. The number of ether oxygens (including phenoxy) is 1. The molecule has 2 atom stereocenters. The smallest absolute Gasteiger partial charge is 0.235 e. The third-order valence-electron chi connectivity index (χ3n) is 7.15. The molecule has 2 fully saturated rings. The van der Waals surface area contributed by atoms with Crippen molar-refractivity contribution in [1.82, 2.24) is 19.8 Å². The Labute approximate surface area is 188 Å². The van der Waals surface area contributed by atoms with Gasteiger partial charge in [-0.1, -0.05) is 12.1 Å². The summed E-state index contributed by atoms with van der Waals surface area (Å²) in [5.41, 5.74) is 8.98. The Bertz CT molecular complexity index is 1100. The average molecular weight is 434 g/mol. The molecule has 3 aromatic rings. The van der Waals surface area contributed by atoms with Crippen molar-refractivity contribution in [3.05, 3.63) is 53.9 Å². The number of carbonyl (C=O) groups is 1. The number of aromatic amines is 1. The molecule has 0 saturated carbocycles. The summed E-state index contributed by atoms with van der Waals surface area (Å²) >= 11 is 0. The van der Waals surface area contributed by atoms with E-state index in [9.17, 15) is 4.79 Å². The number of nitrogens with two attached hydrogens (primary N) is 1. The number of aryl methyl sites for hydroxylation is 1. The van der Waals surface area contributed by atoms with E-state index in [-0.39, 0.29) is 17.9 Å². The minimum absolute atomic E-state index is 0.126. The van der Waals surface area contributed by atoms with Crippen LogP contribution in [-0.2, 0) is 4.79 Å². The highest BCUT2D eigenvalue weighted by molar-refractivity contribution is 5.86. The SMILES string of the molecule is Cc1c[nH]c2nccc(Oc3ccc([C@H]4CCN(C5CCN(C)CC5)[C@@H]4C(N)=O)cc3)c12. The maximum atomic E-state index is 12.5. The number of amides is 1. The number of rotatable bonds is 5. The first-order valence-electron chi connectivity index (χ1n) is 11.5. The molecular formula is C25H31N5O2. The predicted molar refractivity (Wildman–Crippen MR) is 125 cm³/mol. The molecule has 0 radical (unpaired) electrons. The van der Waals surface area contributed by atoms with Crippen LogP contribution in [0.1, 0.15) is 36.3 Å². The highest BCUT2D eigenvalue weighted by Gasteiger charge is 2.42. The molecule has 0 aliphatic carbocycles. The molecule has 0 spiro atoms. The Kier molecular flexibility index (Phi) is 5.61. The maximum Gasteiger partial charge on any atom is 0.235 e. The van der Waals surface area contributed by atoms with Crippen LogP contribution in [0.15, 0.2) is 42.7 Å². The van der Waals surface area contributed by atoms with Gasteiger partial charge in [0.1, 0.15) is 17.1 Å². The molecule has 1 amide bonds. The van der Waals surface area contributed by atoms with Gasteiger partial charge in [0.15, 0.2) is 0 Å². The summed E-state index contributed by atoms with van der Waals surface area (Å²) in [6.07, 6.45) is 6.83. The standard InChI is InChI=1S/C25H31N5O2/c1-16-15-28-25-22(16)21(7-11-27-25)32-19-5-3-17(4-6-19)20-10-14-30(23(20)24(26)31)18-8-12-29(2)13-9-18/h3-7,11,15,18,20,23H,8-10,12-14H2,1-2H3,(H2,26,31)(H,27,28)/t20-,23+/m1/s1. The Balaban J connectivity index is 1.34. The van der Waals surface area contributed by atoms with E-state index in [1.54, 1.807) is 6.20 Å². The molecule has 2 aliphatic heterocycles. The van der Waals surface area contributed by atoms with Crippen LogP contribution in [0.5, 0.6) is 11.5 Å². The van der Waals surface area contributed by atoms with Crippen molar-refractivity contribution in [2.45, 2.75) is 44.2 Å². The van der Waals surface area contributed by atoms with Crippen LogP contribution in [0, 0.1) is 6.92 Å². The fourth-order valence-electron chi connectivity index (χ4n) is 5.44.